The fourth-order valence-electron chi connectivity index (χ4n) is 0.988. The monoisotopic (exact) mass is 210 g/mol. The summed E-state index contributed by atoms with van der Waals surface area (Å²) in [5.74, 6) is -0.750. The van der Waals surface area contributed by atoms with Crippen molar-refractivity contribution in [3.8, 4) is 0 Å². The summed E-state index contributed by atoms with van der Waals surface area (Å²) in [6.45, 7) is 0.0736. The van der Waals surface area contributed by atoms with Crippen molar-refractivity contribution < 1.29 is 9.90 Å². The minimum Gasteiger partial charge on any atom is -0.387 e. The van der Waals surface area contributed by atoms with Crippen LogP contribution in [-0.4, -0.2) is 35.7 Å². The number of aromatic nitrogens is 1. The van der Waals surface area contributed by atoms with Crippen LogP contribution in [0.4, 0.5) is 11.4 Å². The van der Waals surface area contributed by atoms with Crippen LogP contribution in [0.2, 0.25) is 0 Å². The number of carbonyl (C=O) groups is 1. The average Bonchev–Trinajstić information content (AvgIpc) is 2.26. The summed E-state index contributed by atoms with van der Waals surface area (Å²) in [5.41, 5.74) is 6.45. The fourth-order valence-corrected chi connectivity index (χ4v) is 0.988. The first-order valence-electron chi connectivity index (χ1n) is 4.47. The van der Waals surface area contributed by atoms with Crippen LogP contribution in [0.5, 0.6) is 0 Å². The second-order valence-electron chi connectivity index (χ2n) is 3.01. The van der Waals surface area contributed by atoms with E-state index in [0.29, 0.717) is 5.69 Å². The molecule has 1 unspecified atom stereocenters. The second-order valence-corrected chi connectivity index (χ2v) is 3.01. The Morgan fingerprint density at radius 3 is 2.87 bits per heavy atom. The molecule has 1 aromatic rings. The topological polar surface area (TPSA) is 100 Å². The third-order valence-corrected chi connectivity index (χ3v) is 1.85. The van der Waals surface area contributed by atoms with E-state index in [1.54, 1.807) is 25.5 Å². The van der Waals surface area contributed by atoms with Crippen LogP contribution in [0.3, 0.4) is 0 Å². The van der Waals surface area contributed by atoms with E-state index in [1.165, 1.54) is 0 Å². The maximum Gasteiger partial charge on any atom is 0.248 e. The molecule has 82 valence electrons. The summed E-state index contributed by atoms with van der Waals surface area (Å²) >= 11 is 0. The van der Waals surface area contributed by atoms with E-state index in [0.717, 1.165) is 5.69 Å². The molecule has 0 aliphatic heterocycles. The second kappa shape index (κ2) is 5.16. The highest BCUT2D eigenvalue weighted by atomic mass is 16.3. The van der Waals surface area contributed by atoms with Crippen molar-refractivity contribution in [1.29, 1.82) is 0 Å². The van der Waals surface area contributed by atoms with Crippen molar-refractivity contribution in [2.75, 3.05) is 24.2 Å². The lowest BCUT2D eigenvalue weighted by Gasteiger charge is -2.10. The smallest absolute Gasteiger partial charge is 0.248 e. The molecule has 5 N–H and O–H groups in total. The van der Waals surface area contributed by atoms with Gasteiger partial charge >= 0.3 is 0 Å². The molecule has 6 nitrogen and oxygen atoms in total. The van der Waals surface area contributed by atoms with Crippen LogP contribution in [0.1, 0.15) is 0 Å². The minimum atomic E-state index is -1.19. The minimum absolute atomic E-state index is 0.0736. The standard InChI is InChI=1S/C9H14N4O2/c1-11-6-2-7(4-12-3-6)13-5-8(14)9(10)15/h2-4,8,11,13-14H,5H2,1H3,(H2,10,15). The van der Waals surface area contributed by atoms with E-state index in [2.05, 4.69) is 15.6 Å². The van der Waals surface area contributed by atoms with Crippen molar-refractivity contribution in [3.63, 3.8) is 0 Å². The van der Waals surface area contributed by atoms with Crippen molar-refractivity contribution in [1.82, 2.24) is 4.98 Å². The molecule has 1 amide bonds. The molecular formula is C9H14N4O2. The molecule has 0 saturated heterocycles. The normalized spacial score (nSPS) is 11.9. The number of primary amides is 1. The number of aliphatic hydroxyl groups excluding tert-OH is 1. The first kappa shape index (κ1) is 11.3. The molecule has 0 aliphatic rings. The Morgan fingerprint density at radius 2 is 2.27 bits per heavy atom. The summed E-state index contributed by atoms with van der Waals surface area (Å²) in [5, 5.41) is 14.9. The third-order valence-electron chi connectivity index (χ3n) is 1.85. The molecule has 1 rings (SSSR count). The highest BCUT2D eigenvalue weighted by molar-refractivity contribution is 5.79. The zero-order valence-corrected chi connectivity index (χ0v) is 8.40. The van der Waals surface area contributed by atoms with Gasteiger partial charge in [0, 0.05) is 13.6 Å². The van der Waals surface area contributed by atoms with E-state index >= 15 is 0 Å². The van der Waals surface area contributed by atoms with Gasteiger partial charge in [0.1, 0.15) is 6.10 Å². The van der Waals surface area contributed by atoms with Crippen LogP contribution in [-0.2, 0) is 4.79 Å². The average molecular weight is 210 g/mol. The molecule has 1 heterocycles. The van der Waals surface area contributed by atoms with Crippen LogP contribution < -0.4 is 16.4 Å². The largest absolute Gasteiger partial charge is 0.387 e. The summed E-state index contributed by atoms with van der Waals surface area (Å²) in [4.78, 5) is 14.5. The maximum atomic E-state index is 10.5. The highest BCUT2D eigenvalue weighted by Crippen LogP contribution is 2.11. The summed E-state index contributed by atoms with van der Waals surface area (Å²) in [6, 6.07) is 1.81. The molecule has 0 fully saturated rings. The summed E-state index contributed by atoms with van der Waals surface area (Å²) < 4.78 is 0. The lowest BCUT2D eigenvalue weighted by molar-refractivity contribution is -0.125. The molecule has 1 aromatic heterocycles. The Hall–Kier alpha value is -1.82. The number of aliphatic hydroxyl groups is 1. The molecule has 1 atom stereocenters. The molecule has 0 bridgehead atoms. The van der Waals surface area contributed by atoms with Gasteiger partial charge in [0.15, 0.2) is 0 Å². The van der Waals surface area contributed by atoms with E-state index in [-0.39, 0.29) is 6.54 Å². The van der Waals surface area contributed by atoms with Gasteiger partial charge in [0.2, 0.25) is 5.91 Å². The Labute approximate surface area is 87.5 Å². The van der Waals surface area contributed by atoms with Crippen molar-refractivity contribution in [2.45, 2.75) is 6.10 Å². The first-order valence-corrected chi connectivity index (χ1v) is 4.47. The molecule has 6 heteroatoms. The van der Waals surface area contributed by atoms with Gasteiger partial charge in [-0.1, -0.05) is 0 Å². The summed E-state index contributed by atoms with van der Waals surface area (Å²) in [6.07, 6.45) is 2.06. The van der Waals surface area contributed by atoms with Gasteiger partial charge < -0.3 is 21.5 Å². The van der Waals surface area contributed by atoms with Crippen LogP contribution in [0, 0.1) is 0 Å². The third kappa shape index (κ3) is 3.43. The number of hydrogen-bond acceptors (Lipinski definition) is 5. The first-order chi connectivity index (χ1) is 7.13. The predicted molar refractivity (Wildman–Crippen MR) is 57.5 cm³/mol. The van der Waals surface area contributed by atoms with Gasteiger partial charge in [0.25, 0.3) is 0 Å². The Morgan fingerprint density at radius 1 is 1.60 bits per heavy atom. The Kier molecular flexibility index (Phi) is 3.87. The van der Waals surface area contributed by atoms with Crippen LogP contribution in [0.15, 0.2) is 18.5 Å². The molecule has 15 heavy (non-hydrogen) atoms. The zero-order chi connectivity index (χ0) is 11.3. The predicted octanol–water partition coefficient (Wildman–Crippen LogP) is -0.619. The quantitative estimate of drug-likeness (QED) is 0.519. The number of rotatable bonds is 5. The van der Waals surface area contributed by atoms with Gasteiger partial charge in [-0.25, -0.2) is 0 Å². The number of nitrogens with zero attached hydrogens (tertiary/aromatic N) is 1. The summed E-state index contributed by atoms with van der Waals surface area (Å²) in [7, 11) is 1.78. The lowest BCUT2D eigenvalue weighted by atomic mass is 10.3. The van der Waals surface area contributed by atoms with E-state index in [1.807, 2.05) is 0 Å². The van der Waals surface area contributed by atoms with Crippen molar-refractivity contribution in [3.05, 3.63) is 18.5 Å². The molecule has 0 radical (unpaired) electrons. The number of nitrogens with one attached hydrogen (secondary N) is 2. The molecule has 0 saturated carbocycles. The van der Waals surface area contributed by atoms with Gasteiger partial charge in [-0.15, -0.1) is 0 Å². The Bertz CT molecular complexity index is 343. The zero-order valence-electron chi connectivity index (χ0n) is 8.40. The number of carbonyl (C=O) groups excluding carboxylic acids is 1. The number of anilines is 2. The number of hydrogen-bond donors (Lipinski definition) is 4. The van der Waals surface area contributed by atoms with E-state index < -0.39 is 12.0 Å². The molecule has 0 aliphatic carbocycles. The van der Waals surface area contributed by atoms with Crippen molar-refractivity contribution >= 4 is 17.3 Å². The van der Waals surface area contributed by atoms with Crippen molar-refractivity contribution in [2.24, 2.45) is 5.73 Å². The van der Waals surface area contributed by atoms with Gasteiger partial charge in [0.05, 0.1) is 23.8 Å². The molecular weight excluding hydrogens is 196 g/mol. The molecule has 0 aromatic carbocycles. The van der Waals surface area contributed by atoms with Crippen LogP contribution in [0.25, 0.3) is 0 Å². The van der Waals surface area contributed by atoms with Gasteiger partial charge in [-0.05, 0) is 6.07 Å². The van der Waals surface area contributed by atoms with E-state index in [4.69, 9.17) is 10.8 Å². The van der Waals surface area contributed by atoms with E-state index in [9.17, 15) is 4.79 Å². The van der Waals surface area contributed by atoms with Gasteiger partial charge in [-0.3, -0.25) is 9.78 Å². The SMILES string of the molecule is CNc1cncc(NCC(O)C(N)=O)c1. The van der Waals surface area contributed by atoms with Gasteiger partial charge in [-0.2, -0.15) is 0 Å². The number of nitrogens with two attached hydrogens (primary N) is 1. The highest BCUT2D eigenvalue weighted by Gasteiger charge is 2.09. The maximum absolute atomic E-state index is 10.5. The number of pyridine rings is 1. The lowest BCUT2D eigenvalue weighted by Crippen LogP contribution is -2.34. The number of amides is 1. The van der Waals surface area contributed by atoms with Crippen LogP contribution >= 0.6 is 0 Å². The Balaban J connectivity index is 2.53. The molecule has 0 spiro atoms. The fraction of sp³-hybridized carbons (Fsp3) is 0.333.